The third-order valence-electron chi connectivity index (χ3n) is 2.50. The first-order valence-corrected chi connectivity index (χ1v) is 5.09. The molecule has 0 aliphatic heterocycles. The van der Waals surface area contributed by atoms with Crippen molar-refractivity contribution in [2.45, 2.75) is 6.10 Å². The average Bonchev–Trinajstić information content (AvgIpc) is 2.39. The van der Waals surface area contributed by atoms with Crippen LogP contribution in [-0.4, -0.2) is 11.4 Å². The number of carbonyl (C=O) groups excluding carboxylic acids is 1. The molecule has 2 nitrogen and oxygen atoms in total. The van der Waals surface area contributed by atoms with Crippen molar-refractivity contribution in [1.29, 1.82) is 0 Å². The molecule has 16 heavy (non-hydrogen) atoms. The summed E-state index contributed by atoms with van der Waals surface area (Å²) < 4.78 is 0. The van der Waals surface area contributed by atoms with Gasteiger partial charge in [0, 0.05) is 5.56 Å². The number of aliphatic hydroxyl groups is 1. The molecule has 1 unspecified atom stereocenters. The Morgan fingerprint density at radius 2 is 1.44 bits per heavy atom. The van der Waals surface area contributed by atoms with Gasteiger partial charge in [-0.15, -0.1) is 0 Å². The van der Waals surface area contributed by atoms with Crippen LogP contribution in [0.15, 0.2) is 54.6 Å². The van der Waals surface area contributed by atoms with Crippen LogP contribution in [0.5, 0.6) is 0 Å². The van der Waals surface area contributed by atoms with E-state index in [0.717, 1.165) is 17.4 Å². The summed E-state index contributed by atoms with van der Waals surface area (Å²) in [5.41, 5.74) is 2.25. The molecule has 0 aromatic heterocycles. The van der Waals surface area contributed by atoms with E-state index in [1.807, 2.05) is 30.3 Å². The zero-order valence-corrected chi connectivity index (χ0v) is 8.71. The Morgan fingerprint density at radius 1 is 0.875 bits per heavy atom. The molecule has 0 spiro atoms. The topological polar surface area (TPSA) is 37.3 Å². The summed E-state index contributed by atoms with van der Waals surface area (Å²) >= 11 is 0. The van der Waals surface area contributed by atoms with E-state index in [0.29, 0.717) is 5.56 Å². The maximum atomic E-state index is 10.5. The molecule has 0 amide bonds. The quantitative estimate of drug-likeness (QED) is 0.794. The lowest BCUT2D eigenvalue weighted by Crippen LogP contribution is -1.99. The molecule has 0 saturated carbocycles. The lowest BCUT2D eigenvalue weighted by molar-refractivity contribution is 0.112. The van der Waals surface area contributed by atoms with E-state index in [-0.39, 0.29) is 0 Å². The van der Waals surface area contributed by atoms with Crippen LogP contribution in [0, 0.1) is 0 Å². The Labute approximate surface area is 94.2 Å². The van der Waals surface area contributed by atoms with Gasteiger partial charge in [0.05, 0.1) is 0 Å². The second kappa shape index (κ2) is 4.73. The number of carbonyl (C=O) groups is 1. The maximum Gasteiger partial charge on any atom is 0.150 e. The molecule has 0 aliphatic carbocycles. The van der Waals surface area contributed by atoms with Gasteiger partial charge < -0.3 is 5.11 Å². The van der Waals surface area contributed by atoms with Gasteiger partial charge in [-0.3, -0.25) is 4.79 Å². The summed E-state index contributed by atoms with van der Waals surface area (Å²) in [5, 5.41) is 10.1. The Bertz CT molecular complexity index is 460. The van der Waals surface area contributed by atoms with Crippen molar-refractivity contribution in [2.24, 2.45) is 0 Å². The third kappa shape index (κ3) is 2.18. The number of rotatable bonds is 3. The van der Waals surface area contributed by atoms with E-state index in [9.17, 15) is 9.90 Å². The Morgan fingerprint density at radius 3 is 2.00 bits per heavy atom. The van der Waals surface area contributed by atoms with Gasteiger partial charge >= 0.3 is 0 Å². The van der Waals surface area contributed by atoms with Gasteiger partial charge in [0.1, 0.15) is 12.4 Å². The Balaban J connectivity index is 2.27. The van der Waals surface area contributed by atoms with Crippen LogP contribution in [0.2, 0.25) is 0 Å². The van der Waals surface area contributed by atoms with Gasteiger partial charge in [0.15, 0.2) is 0 Å². The number of aliphatic hydroxyl groups excluding tert-OH is 1. The molecule has 2 aromatic carbocycles. The second-order valence-corrected chi connectivity index (χ2v) is 3.60. The largest absolute Gasteiger partial charge is 0.384 e. The molecule has 1 N–H and O–H groups in total. The van der Waals surface area contributed by atoms with Crippen molar-refractivity contribution in [3.63, 3.8) is 0 Å². The summed E-state index contributed by atoms with van der Waals surface area (Å²) in [4.78, 5) is 10.5. The zero-order valence-electron chi connectivity index (χ0n) is 8.71. The highest BCUT2D eigenvalue weighted by Crippen LogP contribution is 2.21. The summed E-state index contributed by atoms with van der Waals surface area (Å²) in [7, 11) is 0. The highest BCUT2D eigenvalue weighted by molar-refractivity contribution is 5.74. The molecule has 2 heteroatoms. The summed E-state index contributed by atoms with van der Waals surface area (Å²) in [6.07, 6.45) is 0.153. The summed E-state index contributed by atoms with van der Waals surface area (Å²) in [5.74, 6) is 0. The molecule has 1 atom stereocenters. The first kappa shape index (κ1) is 10.6. The van der Waals surface area contributed by atoms with Gasteiger partial charge in [-0.05, 0) is 11.1 Å². The predicted octanol–water partition coefficient (Wildman–Crippen LogP) is 2.58. The monoisotopic (exact) mass is 212 g/mol. The highest BCUT2D eigenvalue weighted by Gasteiger charge is 2.08. The summed E-state index contributed by atoms with van der Waals surface area (Å²) in [6, 6.07) is 16.4. The molecule has 0 radical (unpaired) electrons. The number of hydrogen-bond acceptors (Lipinski definition) is 2. The van der Waals surface area contributed by atoms with E-state index in [1.54, 1.807) is 24.3 Å². The molecule has 0 saturated heterocycles. The maximum absolute atomic E-state index is 10.5. The molecular formula is C14H12O2. The van der Waals surface area contributed by atoms with Crippen LogP contribution in [-0.2, 0) is 0 Å². The minimum atomic E-state index is -0.637. The number of hydrogen-bond donors (Lipinski definition) is 1. The fourth-order valence-electron chi connectivity index (χ4n) is 1.58. The fraction of sp³-hybridized carbons (Fsp3) is 0.0714. The smallest absolute Gasteiger partial charge is 0.150 e. The predicted molar refractivity (Wildman–Crippen MR) is 62.3 cm³/mol. The van der Waals surface area contributed by atoms with Crippen molar-refractivity contribution in [3.8, 4) is 0 Å². The lowest BCUT2D eigenvalue weighted by Gasteiger charge is -2.11. The van der Waals surface area contributed by atoms with Crippen molar-refractivity contribution >= 4 is 6.29 Å². The second-order valence-electron chi connectivity index (χ2n) is 3.60. The molecular weight excluding hydrogens is 200 g/mol. The molecule has 0 aliphatic rings. The fourth-order valence-corrected chi connectivity index (χ4v) is 1.58. The van der Waals surface area contributed by atoms with Crippen LogP contribution in [0.1, 0.15) is 27.6 Å². The van der Waals surface area contributed by atoms with Gasteiger partial charge in [-0.1, -0.05) is 54.6 Å². The molecule has 2 rings (SSSR count). The van der Waals surface area contributed by atoms with E-state index in [2.05, 4.69) is 0 Å². The lowest BCUT2D eigenvalue weighted by atomic mass is 10.0. The number of aldehydes is 1. The van der Waals surface area contributed by atoms with Gasteiger partial charge in [-0.25, -0.2) is 0 Å². The SMILES string of the molecule is O=Cc1ccc(C(O)c2ccccc2)cc1. The van der Waals surface area contributed by atoms with Crippen molar-refractivity contribution < 1.29 is 9.90 Å². The Kier molecular flexibility index (Phi) is 3.13. The van der Waals surface area contributed by atoms with Gasteiger partial charge in [0.25, 0.3) is 0 Å². The first-order valence-electron chi connectivity index (χ1n) is 5.09. The molecule has 80 valence electrons. The van der Waals surface area contributed by atoms with Crippen LogP contribution in [0.25, 0.3) is 0 Å². The number of benzene rings is 2. The van der Waals surface area contributed by atoms with E-state index >= 15 is 0 Å². The first-order chi connectivity index (χ1) is 7.81. The summed E-state index contributed by atoms with van der Waals surface area (Å²) in [6.45, 7) is 0. The van der Waals surface area contributed by atoms with Crippen molar-refractivity contribution in [1.82, 2.24) is 0 Å². The van der Waals surface area contributed by atoms with E-state index in [1.165, 1.54) is 0 Å². The van der Waals surface area contributed by atoms with Crippen LogP contribution >= 0.6 is 0 Å². The highest BCUT2D eigenvalue weighted by atomic mass is 16.3. The van der Waals surface area contributed by atoms with Gasteiger partial charge in [-0.2, -0.15) is 0 Å². The van der Waals surface area contributed by atoms with E-state index < -0.39 is 6.10 Å². The minimum Gasteiger partial charge on any atom is -0.384 e. The molecule has 2 aromatic rings. The molecule has 0 heterocycles. The van der Waals surface area contributed by atoms with Crippen LogP contribution < -0.4 is 0 Å². The average molecular weight is 212 g/mol. The van der Waals surface area contributed by atoms with Crippen LogP contribution in [0.4, 0.5) is 0 Å². The standard InChI is InChI=1S/C14H12O2/c15-10-11-6-8-13(9-7-11)14(16)12-4-2-1-3-5-12/h1-10,14,16H. The van der Waals surface area contributed by atoms with Gasteiger partial charge in [0.2, 0.25) is 0 Å². The Hall–Kier alpha value is -1.93. The van der Waals surface area contributed by atoms with E-state index in [4.69, 9.17) is 0 Å². The van der Waals surface area contributed by atoms with Crippen LogP contribution in [0.3, 0.4) is 0 Å². The molecule has 0 fully saturated rings. The third-order valence-corrected chi connectivity index (χ3v) is 2.50. The zero-order chi connectivity index (χ0) is 11.4. The molecule has 0 bridgehead atoms. The normalized spacial score (nSPS) is 12.1. The minimum absolute atomic E-state index is 0.615. The van der Waals surface area contributed by atoms with Crippen molar-refractivity contribution in [3.05, 3.63) is 71.3 Å². The van der Waals surface area contributed by atoms with Crippen molar-refractivity contribution in [2.75, 3.05) is 0 Å².